The van der Waals surface area contributed by atoms with Crippen LogP contribution < -0.4 is 10.1 Å². The summed E-state index contributed by atoms with van der Waals surface area (Å²) in [5, 5.41) is 7.39. The van der Waals surface area contributed by atoms with Crippen LogP contribution in [0.2, 0.25) is 5.02 Å². The number of anilines is 1. The van der Waals surface area contributed by atoms with E-state index in [9.17, 15) is 18.0 Å². The third-order valence-electron chi connectivity index (χ3n) is 3.76. The Kier molecular flexibility index (Phi) is 5.89. The van der Waals surface area contributed by atoms with Gasteiger partial charge in [0.25, 0.3) is 5.91 Å². The number of hydrogen-bond donors (Lipinski definition) is 1. The summed E-state index contributed by atoms with van der Waals surface area (Å²) in [6.07, 6.45) is -2.95. The second kappa shape index (κ2) is 8.35. The molecule has 0 unspecified atom stereocenters. The van der Waals surface area contributed by atoms with E-state index < -0.39 is 24.3 Å². The average Bonchev–Trinajstić information content (AvgIpc) is 3.08. The second-order valence-corrected chi connectivity index (χ2v) is 6.30. The first-order valence-electron chi connectivity index (χ1n) is 8.17. The van der Waals surface area contributed by atoms with Gasteiger partial charge in [0.2, 0.25) is 0 Å². The highest BCUT2D eigenvalue weighted by molar-refractivity contribution is 6.30. The molecule has 1 N–H and O–H groups in total. The summed E-state index contributed by atoms with van der Waals surface area (Å²) in [5.41, 5.74) is 0.0928. The molecule has 28 heavy (non-hydrogen) atoms. The number of alkyl halides is 3. The summed E-state index contributed by atoms with van der Waals surface area (Å²) in [7, 11) is 0. The highest BCUT2D eigenvalue weighted by Crippen LogP contribution is 2.31. The van der Waals surface area contributed by atoms with Gasteiger partial charge in [-0.2, -0.15) is 18.3 Å². The van der Waals surface area contributed by atoms with Gasteiger partial charge >= 0.3 is 6.18 Å². The predicted molar refractivity (Wildman–Crippen MR) is 98.3 cm³/mol. The van der Waals surface area contributed by atoms with E-state index in [1.807, 2.05) is 12.1 Å². The minimum absolute atomic E-state index is 0.0420. The molecule has 0 radical (unpaired) electrons. The van der Waals surface area contributed by atoms with Crippen LogP contribution >= 0.6 is 11.6 Å². The molecule has 3 rings (SSSR count). The number of nitrogens with zero attached hydrogens (tertiary/aromatic N) is 2. The van der Waals surface area contributed by atoms with Gasteiger partial charge in [-0.1, -0.05) is 29.8 Å². The van der Waals surface area contributed by atoms with Crippen molar-refractivity contribution in [2.75, 3.05) is 11.9 Å². The van der Waals surface area contributed by atoms with Crippen molar-refractivity contribution in [3.8, 4) is 5.75 Å². The van der Waals surface area contributed by atoms with Crippen LogP contribution in [0.4, 0.5) is 19.0 Å². The van der Waals surface area contributed by atoms with E-state index in [2.05, 4.69) is 10.4 Å². The molecule has 0 atom stereocenters. The fourth-order valence-electron chi connectivity index (χ4n) is 2.42. The van der Waals surface area contributed by atoms with E-state index in [4.69, 9.17) is 16.3 Å². The van der Waals surface area contributed by atoms with Gasteiger partial charge in [-0.15, -0.1) is 0 Å². The lowest BCUT2D eigenvalue weighted by Gasteiger charge is -2.11. The zero-order valence-corrected chi connectivity index (χ0v) is 15.2. The van der Waals surface area contributed by atoms with Crippen molar-refractivity contribution in [3.63, 3.8) is 0 Å². The van der Waals surface area contributed by atoms with E-state index in [0.717, 1.165) is 17.7 Å². The largest absolute Gasteiger partial charge is 0.484 e. The number of rotatable bonds is 6. The second-order valence-electron chi connectivity index (χ2n) is 5.86. The molecule has 146 valence electrons. The van der Waals surface area contributed by atoms with Crippen LogP contribution in [-0.2, 0) is 17.5 Å². The van der Waals surface area contributed by atoms with Crippen LogP contribution in [0, 0.1) is 0 Å². The number of ether oxygens (including phenoxy) is 1. The molecule has 0 aliphatic carbocycles. The fraction of sp³-hybridized carbons (Fsp3) is 0.158. The lowest BCUT2D eigenvalue weighted by molar-refractivity contribution is -0.137. The summed E-state index contributed by atoms with van der Waals surface area (Å²) in [6, 6.07) is 13.1. The zero-order chi connectivity index (χ0) is 20.1. The van der Waals surface area contributed by atoms with Crippen LogP contribution in [0.5, 0.6) is 5.75 Å². The lowest BCUT2D eigenvalue weighted by atomic mass is 10.2. The summed E-state index contributed by atoms with van der Waals surface area (Å²) >= 11 is 5.86. The van der Waals surface area contributed by atoms with Crippen molar-refractivity contribution >= 4 is 23.3 Å². The van der Waals surface area contributed by atoms with E-state index in [1.165, 1.54) is 18.3 Å². The van der Waals surface area contributed by atoms with Crippen molar-refractivity contribution in [1.29, 1.82) is 0 Å². The molecular weight excluding hydrogens is 395 g/mol. The standard InChI is InChI=1S/C19H15ClF3N3O2/c20-15-6-4-13(5-7-15)11-26-17(8-9-24-26)25-18(27)12-28-16-3-1-2-14(10-16)19(21,22)23/h1-10H,11-12H2,(H,25,27). The van der Waals surface area contributed by atoms with Gasteiger partial charge in [0.15, 0.2) is 6.61 Å². The molecule has 1 aromatic heterocycles. The Bertz CT molecular complexity index is 956. The summed E-state index contributed by atoms with van der Waals surface area (Å²) < 4.78 is 44.9. The molecule has 3 aromatic rings. The Morgan fingerprint density at radius 3 is 2.61 bits per heavy atom. The van der Waals surface area contributed by atoms with Crippen molar-refractivity contribution < 1.29 is 22.7 Å². The smallest absolute Gasteiger partial charge is 0.416 e. The van der Waals surface area contributed by atoms with Crippen molar-refractivity contribution in [1.82, 2.24) is 9.78 Å². The molecule has 0 fully saturated rings. The van der Waals surface area contributed by atoms with Gasteiger partial charge in [0.1, 0.15) is 11.6 Å². The Hall–Kier alpha value is -3.00. The van der Waals surface area contributed by atoms with E-state index >= 15 is 0 Å². The van der Waals surface area contributed by atoms with Gasteiger partial charge < -0.3 is 10.1 Å². The van der Waals surface area contributed by atoms with Gasteiger partial charge in [0, 0.05) is 11.1 Å². The SMILES string of the molecule is O=C(COc1cccc(C(F)(F)F)c1)Nc1ccnn1Cc1ccc(Cl)cc1. The van der Waals surface area contributed by atoms with Gasteiger partial charge in [-0.05, 0) is 35.9 Å². The molecular formula is C19H15ClF3N3O2. The quantitative estimate of drug-likeness (QED) is 0.646. The van der Waals surface area contributed by atoms with E-state index in [1.54, 1.807) is 22.9 Å². The Morgan fingerprint density at radius 2 is 1.89 bits per heavy atom. The minimum Gasteiger partial charge on any atom is -0.484 e. The summed E-state index contributed by atoms with van der Waals surface area (Å²) in [5.74, 6) is -0.123. The maximum Gasteiger partial charge on any atom is 0.416 e. The third-order valence-corrected chi connectivity index (χ3v) is 4.01. The minimum atomic E-state index is -4.48. The maximum absolute atomic E-state index is 12.7. The van der Waals surface area contributed by atoms with Gasteiger partial charge in [0.05, 0.1) is 18.3 Å². The van der Waals surface area contributed by atoms with Crippen molar-refractivity contribution in [2.24, 2.45) is 0 Å². The third kappa shape index (κ3) is 5.26. The topological polar surface area (TPSA) is 56.1 Å². The molecule has 1 heterocycles. The maximum atomic E-state index is 12.7. The number of carbonyl (C=O) groups is 1. The van der Waals surface area contributed by atoms with E-state index in [0.29, 0.717) is 17.4 Å². The Morgan fingerprint density at radius 1 is 1.14 bits per heavy atom. The Labute approximate surface area is 163 Å². The molecule has 0 aliphatic heterocycles. The average molecular weight is 410 g/mol. The first-order valence-corrected chi connectivity index (χ1v) is 8.55. The number of benzene rings is 2. The van der Waals surface area contributed by atoms with Gasteiger partial charge in [-0.25, -0.2) is 4.68 Å². The predicted octanol–water partition coefficient (Wildman–Crippen LogP) is 4.62. The van der Waals surface area contributed by atoms with Crippen LogP contribution in [-0.4, -0.2) is 22.3 Å². The highest BCUT2D eigenvalue weighted by Gasteiger charge is 2.30. The van der Waals surface area contributed by atoms with Crippen LogP contribution in [0.1, 0.15) is 11.1 Å². The first kappa shape index (κ1) is 19.8. The van der Waals surface area contributed by atoms with Crippen molar-refractivity contribution in [2.45, 2.75) is 12.7 Å². The number of halogens is 4. The molecule has 5 nitrogen and oxygen atoms in total. The number of nitrogens with one attached hydrogen (secondary N) is 1. The monoisotopic (exact) mass is 409 g/mol. The number of hydrogen-bond acceptors (Lipinski definition) is 3. The Balaban J connectivity index is 1.59. The van der Waals surface area contributed by atoms with E-state index in [-0.39, 0.29) is 5.75 Å². The molecule has 9 heteroatoms. The van der Waals surface area contributed by atoms with Crippen molar-refractivity contribution in [3.05, 3.63) is 76.9 Å². The van der Waals surface area contributed by atoms with Crippen LogP contribution in [0.25, 0.3) is 0 Å². The molecule has 0 spiro atoms. The lowest BCUT2D eigenvalue weighted by Crippen LogP contribution is -2.22. The molecule has 0 saturated heterocycles. The number of aromatic nitrogens is 2. The summed E-state index contributed by atoms with van der Waals surface area (Å²) in [6.45, 7) is -0.0261. The molecule has 2 aromatic carbocycles. The first-order chi connectivity index (χ1) is 13.3. The van der Waals surface area contributed by atoms with Gasteiger partial charge in [-0.3, -0.25) is 4.79 Å². The molecule has 0 bridgehead atoms. The molecule has 0 aliphatic rings. The van der Waals surface area contributed by atoms with Crippen LogP contribution in [0.15, 0.2) is 60.8 Å². The normalized spacial score (nSPS) is 11.3. The number of amides is 1. The van der Waals surface area contributed by atoms with Crippen LogP contribution in [0.3, 0.4) is 0 Å². The number of carbonyl (C=O) groups excluding carboxylic acids is 1. The highest BCUT2D eigenvalue weighted by atomic mass is 35.5. The fourth-order valence-corrected chi connectivity index (χ4v) is 2.54. The zero-order valence-electron chi connectivity index (χ0n) is 14.4. The molecule has 1 amide bonds. The molecule has 0 saturated carbocycles. The summed E-state index contributed by atoms with van der Waals surface area (Å²) in [4.78, 5) is 12.1.